The fourth-order valence-corrected chi connectivity index (χ4v) is 3.27. The van der Waals surface area contributed by atoms with E-state index in [4.69, 9.17) is 0 Å². The molecule has 1 aliphatic heterocycles. The Morgan fingerprint density at radius 3 is 2.73 bits per heavy atom. The first-order valence-electron chi connectivity index (χ1n) is 7.77. The summed E-state index contributed by atoms with van der Waals surface area (Å²) >= 11 is 0. The van der Waals surface area contributed by atoms with Gasteiger partial charge in [-0.3, -0.25) is 9.59 Å². The number of carbonyl (C=O) groups is 2. The first-order valence-corrected chi connectivity index (χ1v) is 7.77. The SMILES string of the molecule is CCN(CC)C(=O)c1ccc2c(c1)c1c(n2C)C(=O)NCC1. The van der Waals surface area contributed by atoms with Crippen LogP contribution in [-0.4, -0.2) is 40.9 Å². The molecule has 5 nitrogen and oxygen atoms in total. The van der Waals surface area contributed by atoms with Crippen molar-refractivity contribution >= 4 is 22.7 Å². The number of rotatable bonds is 3. The van der Waals surface area contributed by atoms with Crippen LogP contribution in [0.5, 0.6) is 0 Å². The molecule has 0 saturated carbocycles. The van der Waals surface area contributed by atoms with Gasteiger partial charge in [0.15, 0.2) is 0 Å². The van der Waals surface area contributed by atoms with Crippen LogP contribution < -0.4 is 5.32 Å². The molecule has 0 aliphatic carbocycles. The molecule has 1 aromatic heterocycles. The lowest BCUT2D eigenvalue weighted by Crippen LogP contribution is -2.32. The second-order valence-electron chi connectivity index (χ2n) is 5.60. The highest BCUT2D eigenvalue weighted by molar-refractivity contribution is 6.05. The van der Waals surface area contributed by atoms with Crippen LogP contribution in [0.1, 0.15) is 40.3 Å². The first kappa shape index (κ1) is 14.6. The molecule has 0 radical (unpaired) electrons. The summed E-state index contributed by atoms with van der Waals surface area (Å²) in [7, 11) is 1.90. The number of nitrogens with zero attached hydrogens (tertiary/aromatic N) is 2. The normalized spacial score (nSPS) is 13.9. The van der Waals surface area contributed by atoms with E-state index >= 15 is 0 Å². The average molecular weight is 299 g/mol. The Morgan fingerprint density at radius 2 is 2.05 bits per heavy atom. The molecule has 0 fully saturated rings. The van der Waals surface area contributed by atoms with Gasteiger partial charge in [0.2, 0.25) is 0 Å². The van der Waals surface area contributed by atoms with E-state index in [1.807, 2.05) is 48.6 Å². The molecule has 0 bridgehead atoms. The van der Waals surface area contributed by atoms with Crippen molar-refractivity contribution in [3.63, 3.8) is 0 Å². The molecule has 5 heteroatoms. The average Bonchev–Trinajstić information content (AvgIpc) is 2.82. The predicted octanol–water partition coefficient (Wildman–Crippen LogP) is 1.95. The molecule has 3 rings (SSSR count). The Labute approximate surface area is 129 Å². The van der Waals surface area contributed by atoms with Crippen LogP contribution >= 0.6 is 0 Å². The Bertz CT molecular complexity index is 757. The van der Waals surface area contributed by atoms with Gasteiger partial charge in [0, 0.05) is 43.1 Å². The zero-order valence-electron chi connectivity index (χ0n) is 13.3. The second-order valence-corrected chi connectivity index (χ2v) is 5.60. The van der Waals surface area contributed by atoms with Crippen molar-refractivity contribution < 1.29 is 9.59 Å². The molecule has 0 saturated heterocycles. The molecule has 2 amide bonds. The highest BCUT2D eigenvalue weighted by Crippen LogP contribution is 2.29. The van der Waals surface area contributed by atoms with Crippen LogP contribution in [0, 0.1) is 0 Å². The van der Waals surface area contributed by atoms with Gasteiger partial charge in [0.1, 0.15) is 5.69 Å². The number of aryl methyl sites for hydroxylation is 1. The van der Waals surface area contributed by atoms with Crippen molar-refractivity contribution in [1.29, 1.82) is 0 Å². The molecule has 0 atom stereocenters. The summed E-state index contributed by atoms with van der Waals surface area (Å²) in [5.74, 6) is 0.0151. The minimum absolute atomic E-state index is 0.0310. The molecule has 2 aromatic rings. The third kappa shape index (κ3) is 2.08. The molecule has 0 unspecified atom stereocenters. The summed E-state index contributed by atoms with van der Waals surface area (Å²) in [6, 6.07) is 5.73. The number of hydrogen-bond donors (Lipinski definition) is 1. The van der Waals surface area contributed by atoms with Gasteiger partial charge in [-0.05, 0) is 44.0 Å². The van der Waals surface area contributed by atoms with Gasteiger partial charge in [0.05, 0.1) is 0 Å². The molecule has 22 heavy (non-hydrogen) atoms. The zero-order chi connectivity index (χ0) is 15.9. The number of nitrogens with one attached hydrogen (secondary N) is 1. The van der Waals surface area contributed by atoms with E-state index in [0.717, 1.165) is 22.9 Å². The summed E-state index contributed by atoms with van der Waals surface area (Å²) in [4.78, 5) is 26.4. The molecule has 2 heterocycles. The standard InChI is InChI=1S/C17H21N3O2/c1-4-20(5-2)17(22)11-6-7-14-13(10-11)12-8-9-18-16(21)15(12)19(14)3/h6-7,10H,4-5,8-9H2,1-3H3,(H,18,21). The van der Waals surface area contributed by atoms with Crippen LogP contribution in [0.25, 0.3) is 10.9 Å². The summed E-state index contributed by atoms with van der Waals surface area (Å²) in [5, 5.41) is 3.90. The second kappa shape index (κ2) is 5.48. The Morgan fingerprint density at radius 1 is 1.32 bits per heavy atom. The van der Waals surface area contributed by atoms with E-state index in [-0.39, 0.29) is 11.8 Å². The fraction of sp³-hybridized carbons (Fsp3) is 0.412. The van der Waals surface area contributed by atoms with Crippen LogP contribution in [0.3, 0.4) is 0 Å². The Balaban J connectivity index is 2.14. The molecule has 1 N–H and O–H groups in total. The number of benzene rings is 1. The maximum absolute atomic E-state index is 12.5. The first-order chi connectivity index (χ1) is 10.6. The topological polar surface area (TPSA) is 54.3 Å². The Kier molecular flexibility index (Phi) is 3.64. The van der Waals surface area contributed by atoms with Crippen molar-refractivity contribution in [2.24, 2.45) is 7.05 Å². The van der Waals surface area contributed by atoms with E-state index < -0.39 is 0 Å². The smallest absolute Gasteiger partial charge is 0.268 e. The van der Waals surface area contributed by atoms with Crippen LogP contribution in [-0.2, 0) is 13.5 Å². The van der Waals surface area contributed by atoms with Gasteiger partial charge in [-0.15, -0.1) is 0 Å². The zero-order valence-corrected chi connectivity index (χ0v) is 13.3. The van der Waals surface area contributed by atoms with Gasteiger partial charge in [-0.2, -0.15) is 0 Å². The highest BCUT2D eigenvalue weighted by atomic mass is 16.2. The van der Waals surface area contributed by atoms with Crippen LogP contribution in [0.15, 0.2) is 18.2 Å². The van der Waals surface area contributed by atoms with Crippen molar-refractivity contribution in [2.75, 3.05) is 19.6 Å². The Hall–Kier alpha value is -2.30. The van der Waals surface area contributed by atoms with Gasteiger partial charge in [0.25, 0.3) is 11.8 Å². The van der Waals surface area contributed by atoms with E-state index in [2.05, 4.69) is 5.32 Å². The number of hydrogen-bond acceptors (Lipinski definition) is 2. The summed E-state index contributed by atoms with van der Waals surface area (Å²) in [6.07, 6.45) is 0.807. The molecule has 1 aromatic carbocycles. The largest absolute Gasteiger partial charge is 0.350 e. The maximum atomic E-state index is 12.5. The molecule has 1 aliphatic rings. The van der Waals surface area contributed by atoms with Gasteiger partial charge < -0.3 is 14.8 Å². The molecule has 116 valence electrons. The monoisotopic (exact) mass is 299 g/mol. The van der Waals surface area contributed by atoms with E-state index in [9.17, 15) is 9.59 Å². The van der Waals surface area contributed by atoms with Crippen molar-refractivity contribution in [2.45, 2.75) is 20.3 Å². The minimum atomic E-state index is -0.0310. The number of carbonyl (C=O) groups excluding carboxylic acids is 2. The lowest BCUT2D eigenvalue weighted by atomic mass is 10.0. The van der Waals surface area contributed by atoms with Crippen LogP contribution in [0.2, 0.25) is 0 Å². The van der Waals surface area contributed by atoms with E-state index in [0.29, 0.717) is 30.9 Å². The number of aromatic nitrogens is 1. The lowest BCUT2D eigenvalue weighted by molar-refractivity contribution is 0.0773. The summed E-state index contributed by atoms with van der Waals surface area (Å²) in [5.41, 5.74) is 3.46. The van der Waals surface area contributed by atoms with Crippen molar-refractivity contribution in [3.8, 4) is 0 Å². The molecular weight excluding hydrogens is 278 g/mol. The quantitative estimate of drug-likeness (QED) is 0.942. The van der Waals surface area contributed by atoms with E-state index in [1.54, 1.807) is 0 Å². The minimum Gasteiger partial charge on any atom is -0.350 e. The maximum Gasteiger partial charge on any atom is 0.268 e. The van der Waals surface area contributed by atoms with Crippen molar-refractivity contribution in [3.05, 3.63) is 35.0 Å². The molecular formula is C17H21N3O2. The number of fused-ring (bicyclic) bond motifs is 3. The molecule has 0 spiro atoms. The van der Waals surface area contributed by atoms with Gasteiger partial charge >= 0.3 is 0 Å². The third-order valence-electron chi connectivity index (χ3n) is 4.48. The fourth-order valence-electron chi connectivity index (χ4n) is 3.27. The van der Waals surface area contributed by atoms with Crippen molar-refractivity contribution in [1.82, 2.24) is 14.8 Å². The third-order valence-corrected chi connectivity index (χ3v) is 4.48. The number of amides is 2. The van der Waals surface area contributed by atoms with Gasteiger partial charge in [-0.25, -0.2) is 0 Å². The predicted molar refractivity (Wildman–Crippen MR) is 86.2 cm³/mol. The highest BCUT2D eigenvalue weighted by Gasteiger charge is 2.25. The summed E-state index contributed by atoms with van der Waals surface area (Å²) < 4.78 is 1.92. The summed E-state index contributed by atoms with van der Waals surface area (Å²) in [6.45, 7) is 6.01. The van der Waals surface area contributed by atoms with Crippen LogP contribution in [0.4, 0.5) is 0 Å². The van der Waals surface area contributed by atoms with E-state index in [1.165, 1.54) is 0 Å². The lowest BCUT2D eigenvalue weighted by Gasteiger charge is -2.18. The van der Waals surface area contributed by atoms with Gasteiger partial charge in [-0.1, -0.05) is 0 Å².